The molecule has 0 aliphatic carbocycles. The van der Waals surface area contributed by atoms with E-state index in [1.54, 1.807) is 19.4 Å². The van der Waals surface area contributed by atoms with Crippen LogP contribution in [-0.4, -0.2) is 67.4 Å². The van der Waals surface area contributed by atoms with Gasteiger partial charge in [0.15, 0.2) is 0 Å². The molecule has 0 N–H and O–H groups in total. The van der Waals surface area contributed by atoms with Crippen LogP contribution in [0, 0.1) is 0 Å². The number of ether oxygens (including phenoxy) is 2. The van der Waals surface area contributed by atoms with E-state index in [2.05, 4.69) is 14.8 Å². The van der Waals surface area contributed by atoms with E-state index in [0.717, 1.165) is 69.2 Å². The molecule has 8 nitrogen and oxygen atoms in total. The number of hydrogen-bond donors (Lipinski definition) is 0. The van der Waals surface area contributed by atoms with Crippen molar-refractivity contribution >= 4 is 16.7 Å². The van der Waals surface area contributed by atoms with Crippen molar-refractivity contribution in [2.45, 2.75) is 32.2 Å². The van der Waals surface area contributed by atoms with Crippen molar-refractivity contribution in [3.05, 3.63) is 46.4 Å². The first-order valence-corrected chi connectivity index (χ1v) is 11.7. The van der Waals surface area contributed by atoms with E-state index >= 15 is 0 Å². The molecule has 2 saturated heterocycles. The summed E-state index contributed by atoms with van der Waals surface area (Å²) in [5.41, 5.74) is 1.81. The number of piperidine rings is 1. The summed E-state index contributed by atoms with van der Waals surface area (Å²) in [5.74, 6) is 1.78. The highest BCUT2D eigenvalue weighted by Crippen LogP contribution is 2.32. The highest BCUT2D eigenvalue weighted by atomic mass is 16.5. The van der Waals surface area contributed by atoms with Crippen LogP contribution in [0.25, 0.3) is 22.4 Å². The van der Waals surface area contributed by atoms with E-state index in [4.69, 9.17) is 18.9 Å². The fourth-order valence-corrected chi connectivity index (χ4v) is 4.97. The Morgan fingerprint density at radius 1 is 1.15 bits per heavy atom. The zero-order valence-corrected chi connectivity index (χ0v) is 19.2. The Labute approximate surface area is 193 Å². The van der Waals surface area contributed by atoms with Gasteiger partial charge in [-0.25, -0.2) is 14.8 Å². The van der Waals surface area contributed by atoms with Gasteiger partial charge in [0.05, 0.1) is 36.8 Å². The lowest BCUT2D eigenvalue weighted by atomic mass is 10.0. The Balaban J connectivity index is 1.46. The van der Waals surface area contributed by atoms with E-state index in [9.17, 15) is 4.79 Å². The lowest BCUT2D eigenvalue weighted by molar-refractivity contribution is 0.0115. The zero-order valence-electron chi connectivity index (χ0n) is 19.2. The quantitative estimate of drug-likeness (QED) is 0.587. The number of aromatic nitrogens is 2. The molecule has 0 unspecified atom stereocenters. The Kier molecular flexibility index (Phi) is 6.28. The largest absolute Gasteiger partial charge is 0.497 e. The molecule has 5 rings (SSSR count). The first-order chi connectivity index (χ1) is 16.2. The Morgan fingerprint density at radius 3 is 2.67 bits per heavy atom. The minimum atomic E-state index is -0.379. The molecular weight excluding hydrogens is 420 g/mol. The van der Waals surface area contributed by atoms with Crippen LogP contribution < -0.4 is 15.3 Å². The van der Waals surface area contributed by atoms with Crippen LogP contribution >= 0.6 is 0 Å². The van der Waals surface area contributed by atoms with Crippen LogP contribution in [0.3, 0.4) is 0 Å². The average Bonchev–Trinajstić information content (AvgIpc) is 2.88. The maximum Gasteiger partial charge on any atom is 0.347 e. The first-order valence-electron chi connectivity index (χ1n) is 11.7. The number of methoxy groups -OCH3 is 1. The van der Waals surface area contributed by atoms with E-state index < -0.39 is 0 Å². The summed E-state index contributed by atoms with van der Waals surface area (Å²) in [5, 5.41) is 0.513. The van der Waals surface area contributed by atoms with Gasteiger partial charge >= 0.3 is 5.63 Å². The number of nitrogens with zero attached hydrogens (tertiary/aromatic N) is 4. The molecule has 2 aliphatic heterocycles. The predicted octanol–water partition coefficient (Wildman–Crippen LogP) is 3.12. The van der Waals surface area contributed by atoms with E-state index in [0.29, 0.717) is 35.0 Å². The highest BCUT2D eigenvalue weighted by Gasteiger charge is 2.28. The molecule has 0 atom stereocenters. The van der Waals surface area contributed by atoms with Gasteiger partial charge in [0, 0.05) is 44.5 Å². The van der Waals surface area contributed by atoms with Crippen LogP contribution in [0.1, 0.15) is 25.3 Å². The number of fused-ring (bicyclic) bond motifs is 1. The molecule has 3 aromatic rings. The predicted molar refractivity (Wildman–Crippen MR) is 127 cm³/mol. The number of benzene rings is 1. The normalized spacial score (nSPS) is 18.1. The average molecular weight is 451 g/mol. The third kappa shape index (κ3) is 4.32. The standard InChI is InChI=1S/C25H30N4O4/c1-3-17-15-19(31-2)16-21-22(17)25(30)33-24(27-21)20-5-4-8-26-23(20)29-9-6-18(7-10-29)28-11-13-32-14-12-28/h4-5,8,15-16,18H,3,6-7,9-14H2,1-2H3. The van der Waals surface area contributed by atoms with Crippen LogP contribution in [0.4, 0.5) is 5.82 Å². The molecule has 1 aromatic carbocycles. The van der Waals surface area contributed by atoms with Crippen LogP contribution in [0.2, 0.25) is 0 Å². The maximum atomic E-state index is 13.0. The summed E-state index contributed by atoms with van der Waals surface area (Å²) in [4.78, 5) is 27.2. The lowest BCUT2D eigenvalue weighted by Gasteiger charge is -2.40. The number of anilines is 1. The third-order valence-corrected chi connectivity index (χ3v) is 6.75. The second-order valence-electron chi connectivity index (χ2n) is 8.58. The fraction of sp³-hybridized carbons (Fsp3) is 0.480. The molecule has 2 aliphatic rings. The lowest BCUT2D eigenvalue weighted by Crippen LogP contribution is -2.49. The number of aryl methyl sites for hydroxylation is 1. The first kappa shape index (κ1) is 21.9. The summed E-state index contributed by atoms with van der Waals surface area (Å²) < 4.78 is 16.7. The van der Waals surface area contributed by atoms with Crippen molar-refractivity contribution in [3.8, 4) is 17.2 Å². The summed E-state index contributed by atoms with van der Waals surface area (Å²) in [7, 11) is 1.62. The molecule has 174 valence electrons. The number of morpholine rings is 1. The van der Waals surface area contributed by atoms with E-state index in [1.807, 2.05) is 25.1 Å². The van der Waals surface area contributed by atoms with Crippen molar-refractivity contribution < 1.29 is 13.9 Å². The van der Waals surface area contributed by atoms with Crippen LogP contribution in [-0.2, 0) is 11.2 Å². The summed E-state index contributed by atoms with van der Waals surface area (Å²) >= 11 is 0. The van der Waals surface area contributed by atoms with Crippen LogP contribution in [0.15, 0.2) is 39.7 Å². The van der Waals surface area contributed by atoms with Gasteiger partial charge in [-0.05, 0) is 43.0 Å². The molecule has 0 saturated carbocycles. The monoisotopic (exact) mass is 450 g/mol. The van der Waals surface area contributed by atoms with Gasteiger partial charge in [-0.1, -0.05) is 6.92 Å². The topological polar surface area (TPSA) is 80.9 Å². The molecule has 4 heterocycles. The van der Waals surface area contributed by atoms with Gasteiger partial charge in [-0.15, -0.1) is 0 Å². The summed E-state index contributed by atoms with van der Waals surface area (Å²) in [6, 6.07) is 8.02. The van der Waals surface area contributed by atoms with E-state index in [1.165, 1.54) is 0 Å². The second-order valence-corrected chi connectivity index (χ2v) is 8.58. The molecular formula is C25H30N4O4. The Hall–Kier alpha value is -2.97. The molecule has 0 bridgehead atoms. The van der Waals surface area contributed by atoms with Crippen molar-refractivity contribution in [2.24, 2.45) is 0 Å². The molecule has 0 spiro atoms. The Bertz CT molecular complexity index is 1180. The third-order valence-electron chi connectivity index (χ3n) is 6.75. The van der Waals surface area contributed by atoms with Gasteiger partial charge in [0.1, 0.15) is 11.6 Å². The van der Waals surface area contributed by atoms with E-state index in [-0.39, 0.29) is 5.63 Å². The van der Waals surface area contributed by atoms with Crippen molar-refractivity contribution in [1.82, 2.24) is 14.9 Å². The van der Waals surface area contributed by atoms with Gasteiger partial charge in [-0.3, -0.25) is 4.90 Å². The van der Waals surface area contributed by atoms with Crippen molar-refractivity contribution in [1.29, 1.82) is 0 Å². The molecule has 33 heavy (non-hydrogen) atoms. The summed E-state index contributed by atoms with van der Waals surface area (Å²) in [6.45, 7) is 7.46. The minimum absolute atomic E-state index is 0.293. The minimum Gasteiger partial charge on any atom is -0.497 e. The molecule has 2 fully saturated rings. The van der Waals surface area contributed by atoms with Crippen molar-refractivity contribution in [3.63, 3.8) is 0 Å². The number of hydrogen-bond acceptors (Lipinski definition) is 8. The Morgan fingerprint density at radius 2 is 1.94 bits per heavy atom. The van der Waals surface area contributed by atoms with Crippen molar-refractivity contribution in [2.75, 3.05) is 51.4 Å². The molecule has 2 aromatic heterocycles. The second kappa shape index (κ2) is 9.49. The maximum absolute atomic E-state index is 13.0. The zero-order chi connectivity index (χ0) is 22.8. The van der Waals surface area contributed by atoms with Gasteiger partial charge in [-0.2, -0.15) is 0 Å². The smallest absolute Gasteiger partial charge is 0.347 e. The SMILES string of the molecule is CCc1cc(OC)cc2nc(-c3cccnc3N3CCC(N4CCOCC4)CC3)oc(=O)c12. The molecule has 0 amide bonds. The fourth-order valence-electron chi connectivity index (χ4n) is 4.97. The van der Waals surface area contributed by atoms with Gasteiger partial charge < -0.3 is 18.8 Å². The van der Waals surface area contributed by atoms with Gasteiger partial charge in [0.2, 0.25) is 5.89 Å². The number of rotatable bonds is 5. The summed E-state index contributed by atoms with van der Waals surface area (Å²) in [6.07, 6.45) is 4.62. The molecule has 8 heteroatoms. The number of pyridine rings is 1. The van der Waals surface area contributed by atoms with Gasteiger partial charge in [0.25, 0.3) is 0 Å². The molecule has 0 radical (unpaired) electrons. The van der Waals surface area contributed by atoms with Crippen LogP contribution in [0.5, 0.6) is 5.75 Å². The highest BCUT2D eigenvalue weighted by molar-refractivity contribution is 5.84.